The second-order valence-corrected chi connectivity index (χ2v) is 6.72. The van der Waals surface area contributed by atoms with E-state index >= 15 is 0 Å². The molecule has 0 saturated heterocycles. The van der Waals surface area contributed by atoms with E-state index < -0.39 is 5.92 Å². The van der Waals surface area contributed by atoms with E-state index in [1.54, 1.807) is 6.08 Å². The molecular formula is C16H17F2N3O2S. The summed E-state index contributed by atoms with van der Waals surface area (Å²) in [5.41, 5.74) is 0. The highest BCUT2D eigenvalue weighted by Gasteiger charge is 2.36. The topological polar surface area (TPSA) is 68.0 Å². The summed E-state index contributed by atoms with van der Waals surface area (Å²) in [6.07, 6.45) is 3.56. The SMILES string of the molecule is O=C(C=Cc1cccs1)NCc1nc(C2CCC(F)(F)CC2)no1. The molecule has 1 saturated carbocycles. The number of carbonyl (C=O) groups is 1. The first kappa shape index (κ1) is 16.8. The zero-order valence-corrected chi connectivity index (χ0v) is 13.7. The molecule has 0 radical (unpaired) electrons. The molecular weight excluding hydrogens is 336 g/mol. The summed E-state index contributed by atoms with van der Waals surface area (Å²) < 4.78 is 31.4. The Kier molecular flexibility index (Phi) is 5.03. The summed E-state index contributed by atoms with van der Waals surface area (Å²) >= 11 is 1.54. The van der Waals surface area contributed by atoms with E-state index in [-0.39, 0.29) is 37.1 Å². The van der Waals surface area contributed by atoms with Crippen LogP contribution in [-0.4, -0.2) is 22.0 Å². The van der Waals surface area contributed by atoms with Gasteiger partial charge in [-0.15, -0.1) is 11.3 Å². The third kappa shape index (κ3) is 4.47. The predicted molar refractivity (Wildman–Crippen MR) is 85.7 cm³/mol. The first-order chi connectivity index (χ1) is 11.5. The van der Waals surface area contributed by atoms with Crippen LogP contribution in [0.3, 0.4) is 0 Å². The maximum Gasteiger partial charge on any atom is 0.248 e. The summed E-state index contributed by atoms with van der Waals surface area (Å²) in [5.74, 6) is -2.22. The zero-order valence-electron chi connectivity index (χ0n) is 12.9. The van der Waals surface area contributed by atoms with Gasteiger partial charge in [-0.05, 0) is 30.4 Å². The number of alkyl halides is 2. The lowest BCUT2D eigenvalue weighted by molar-refractivity contribution is -0.116. The monoisotopic (exact) mass is 353 g/mol. The minimum atomic E-state index is -2.58. The Morgan fingerprint density at radius 3 is 2.96 bits per heavy atom. The van der Waals surface area contributed by atoms with Crippen molar-refractivity contribution in [2.45, 2.75) is 44.1 Å². The minimum absolute atomic E-state index is 0.100. The molecule has 128 valence electrons. The van der Waals surface area contributed by atoms with Crippen molar-refractivity contribution in [2.24, 2.45) is 0 Å². The fourth-order valence-electron chi connectivity index (χ4n) is 2.57. The molecule has 5 nitrogen and oxygen atoms in total. The lowest BCUT2D eigenvalue weighted by Crippen LogP contribution is -2.24. The highest BCUT2D eigenvalue weighted by atomic mass is 32.1. The number of halogens is 2. The summed E-state index contributed by atoms with van der Waals surface area (Å²) in [4.78, 5) is 16.9. The van der Waals surface area contributed by atoms with Crippen molar-refractivity contribution >= 4 is 23.3 Å². The fraction of sp³-hybridized carbons (Fsp3) is 0.438. The van der Waals surface area contributed by atoms with E-state index in [4.69, 9.17) is 4.52 Å². The first-order valence-corrected chi connectivity index (χ1v) is 8.59. The van der Waals surface area contributed by atoms with Gasteiger partial charge in [0.05, 0.1) is 6.54 Å². The van der Waals surface area contributed by atoms with Crippen LogP contribution >= 0.6 is 11.3 Å². The largest absolute Gasteiger partial charge is 0.343 e. The van der Waals surface area contributed by atoms with Crippen LogP contribution in [0.2, 0.25) is 0 Å². The smallest absolute Gasteiger partial charge is 0.248 e. The van der Waals surface area contributed by atoms with Crippen molar-refractivity contribution in [1.82, 2.24) is 15.5 Å². The predicted octanol–water partition coefficient (Wildman–Crippen LogP) is 3.75. The lowest BCUT2D eigenvalue weighted by atomic mass is 9.86. The molecule has 3 rings (SSSR count). The summed E-state index contributed by atoms with van der Waals surface area (Å²) in [6, 6.07) is 3.82. The van der Waals surface area contributed by atoms with Gasteiger partial charge in [-0.2, -0.15) is 4.98 Å². The Balaban J connectivity index is 1.48. The highest BCUT2D eigenvalue weighted by Crippen LogP contribution is 2.39. The van der Waals surface area contributed by atoms with E-state index in [1.165, 1.54) is 17.4 Å². The molecule has 1 aliphatic rings. The fourth-order valence-corrected chi connectivity index (χ4v) is 3.19. The van der Waals surface area contributed by atoms with Gasteiger partial charge in [-0.1, -0.05) is 11.2 Å². The number of hydrogen-bond acceptors (Lipinski definition) is 5. The van der Waals surface area contributed by atoms with Crippen LogP contribution in [-0.2, 0) is 11.3 Å². The van der Waals surface area contributed by atoms with Crippen molar-refractivity contribution in [1.29, 1.82) is 0 Å². The van der Waals surface area contributed by atoms with Crippen molar-refractivity contribution < 1.29 is 18.1 Å². The summed E-state index contributed by atoms with van der Waals surface area (Å²) in [5, 5.41) is 8.44. The van der Waals surface area contributed by atoms with Gasteiger partial charge in [0.1, 0.15) is 0 Å². The van der Waals surface area contributed by atoms with Crippen LogP contribution in [0.15, 0.2) is 28.1 Å². The van der Waals surface area contributed by atoms with Gasteiger partial charge in [0.15, 0.2) is 5.82 Å². The molecule has 2 aromatic rings. The molecule has 0 aliphatic heterocycles. The molecule has 0 unspecified atom stereocenters. The van der Waals surface area contributed by atoms with Crippen molar-refractivity contribution in [2.75, 3.05) is 0 Å². The normalized spacial score (nSPS) is 18.1. The molecule has 2 heterocycles. The van der Waals surface area contributed by atoms with Gasteiger partial charge in [-0.25, -0.2) is 8.78 Å². The molecule has 0 bridgehead atoms. The van der Waals surface area contributed by atoms with Crippen LogP contribution < -0.4 is 5.32 Å². The number of carbonyl (C=O) groups excluding carboxylic acids is 1. The van der Waals surface area contributed by atoms with Gasteiger partial charge >= 0.3 is 0 Å². The Morgan fingerprint density at radius 2 is 2.25 bits per heavy atom. The molecule has 0 spiro atoms. The van der Waals surface area contributed by atoms with Crippen molar-refractivity contribution in [3.63, 3.8) is 0 Å². The van der Waals surface area contributed by atoms with Crippen LogP contribution in [0, 0.1) is 0 Å². The average molecular weight is 353 g/mol. The first-order valence-electron chi connectivity index (χ1n) is 7.71. The van der Waals surface area contributed by atoms with E-state index in [1.807, 2.05) is 17.5 Å². The van der Waals surface area contributed by atoms with Crippen LogP contribution in [0.5, 0.6) is 0 Å². The molecule has 1 fully saturated rings. The zero-order chi connectivity index (χ0) is 17.0. The van der Waals surface area contributed by atoms with E-state index in [9.17, 15) is 13.6 Å². The number of rotatable bonds is 5. The quantitative estimate of drug-likeness (QED) is 0.831. The van der Waals surface area contributed by atoms with Crippen molar-refractivity contribution in [3.8, 4) is 0 Å². The van der Waals surface area contributed by atoms with E-state index in [0.29, 0.717) is 18.7 Å². The molecule has 1 aliphatic carbocycles. The van der Waals surface area contributed by atoms with E-state index in [2.05, 4.69) is 15.5 Å². The summed E-state index contributed by atoms with van der Waals surface area (Å²) in [6.45, 7) is 0.115. The van der Waals surface area contributed by atoms with Crippen LogP contribution in [0.25, 0.3) is 6.08 Å². The third-order valence-electron chi connectivity index (χ3n) is 3.92. The average Bonchev–Trinajstić information content (AvgIpc) is 3.22. The standard InChI is InChI=1S/C16H17F2N3O2S/c17-16(18)7-5-11(6-8-16)15-20-14(23-21-15)10-19-13(22)4-3-12-2-1-9-24-12/h1-4,9,11H,5-8,10H2,(H,19,22). The molecule has 1 N–H and O–H groups in total. The maximum absolute atomic E-state index is 13.2. The highest BCUT2D eigenvalue weighted by molar-refractivity contribution is 7.10. The molecule has 0 aromatic carbocycles. The van der Waals surface area contributed by atoms with Crippen LogP contribution in [0.1, 0.15) is 48.2 Å². The van der Waals surface area contributed by atoms with Crippen LogP contribution in [0.4, 0.5) is 8.78 Å². The number of hydrogen-bond donors (Lipinski definition) is 1. The van der Waals surface area contributed by atoms with E-state index in [0.717, 1.165) is 4.88 Å². The Bertz CT molecular complexity index is 703. The van der Waals surface area contributed by atoms with Gasteiger partial charge in [0, 0.05) is 29.7 Å². The Morgan fingerprint density at radius 1 is 1.46 bits per heavy atom. The molecule has 1 amide bonds. The number of aromatic nitrogens is 2. The number of thiophene rings is 1. The number of nitrogens with one attached hydrogen (secondary N) is 1. The third-order valence-corrected chi connectivity index (χ3v) is 4.76. The Hall–Kier alpha value is -2.09. The molecule has 0 atom stereocenters. The Labute approximate surface area is 141 Å². The molecule has 24 heavy (non-hydrogen) atoms. The second kappa shape index (κ2) is 7.21. The summed E-state index contributed by atoms with van der Waals surface area (Å²) in [7, 11) is 0. The van der Waals surface area contributed by atoms with Crippen molar-refractivity contribution in [3.05, 3.63) is 40.2 Å². The second-order valence-electron chi connectivity index (χ2n) is 5.74. The van der Waals surface area contributed by atoms with Gasteiger partial charge in [0.2, 0.25) is 17.7 Å². The van der Waals surface area contributed by atoms with Gasteiger partial charge < -0.3 is 9.84 Å². The molecule has 2 aromatic heterocycles. The van der Waals surface area contributed by atoms with Gasteiger partial charge in [0.25, 0.3) is 0 Å². The molecule has 8 heteroatoms. The lowest BCUT2D eigenvalue weighted by Gasteiger charge is -2.26. The maximum atomic E-state index is 13.2. The minimum Gasteiger partial charge on any atom is -0.343 e. The van der Waals surface area contributed by atoms with Gasteiger partial charge in [-0.3, -0.25) is 4.79 Å². The number of amides is 1. The number of nitrogens with zero attached hydrogens (tertiary/aromatic N) is 2.